The summed E-state index contributed by atoms with van der Waals surface area (Å²) >= 11 is 4.63. The second kappa shape index (κ2) is 5.87. The van der Waals surface area contributed by atoms with Crippen LogP contribution in [0.25, 0.3) is 0 Å². The van der Waals surface area contributed by atoms with Crippen molar-refractivity contribution in [2.24, 2.45) is 0 Å². The lowest BCUT2D eigenvalue weighted by Gasteiger charge is -2.07. The fourth-order valence-electron chi connectivity index (χ4n) is 1.47. The lowest BCUT2D eigenvalue weighted by molar-refractivity contribution is 0.102. The summed E-state index contributed by atoms with van der Waals surface area (Å²) in [5.74, 6) is 0.310. The maximum atomic E-state index is 12.2. The van der Waals surface area contributed by atoms with Crippen LogP contribution < -0.4 is 10.1 Å². The molecule has 2 rings (SSSR count). The summed E-state index contributed by atoms with van der Waals surface area (Å²) in [5.41, 5.74) is 0.911. The summed E-state index contributed by atoms with van der Waals surface area (Å²) in [6, 6.07) is 8.83. The van der Waals surface area contributed by atoms with E-state index in [0.29, 0.717) is 26.4 Å². The zero-order chi connectivity index (χ0) is 13.8. The smallest absolute Gasteiger partial charge is 0.257 e. The van der Waals surface area contributed by atoms with E-state index in [1.807, 2.05) is 6.07 Å². The minimum Gasteiger partial charge on any atom is -0.497 e. The molecule has 1 heterocycles. The minimum atomic E-state index is -0.287. The van der Waals surface area contributed by atoms with Crippen molar-refractivity contribution in [1.29, 1.82) is 5.26 Å². The number of ether oxygens (including phenoxy) is 1. The first-order chi connectivity index (χ1) is 9.15. The first-order valence-electron chi connectivity index (χ1n) is 5.28. The Morgan fingerprint density at radius 3 is 2.95 bits per heavy atom. The molecule has 0 atom stereocenters. The Morgan fingerprint density at radius 2 is 2.26 bits per heavy atom. The Morgan fingerprint density at radius 1 is 1.47 bits per heavy atom. The number of carbonyl (C=O) groups is 1. The van der Waals surface area contributed by atoms with Crippen LogP contribution in [-0.2, 0) is 0 Å². The normalized spacial score (nSPS) is 9.74. The standard InChI is InChI=1S/C13H9BrN2O2S/c1-18-9-2-3-11(14)10(6-9)12(17)16-13-8(7-15)4-5-19-13/h2-6H,1H3,(H,16,17). The molecular formula is C13H9BrN2O2S. The molecule has 1 amide bonds. The van der Waals surface area contributed by atoms with E-state index < -0.39 is 0 Å². The number of methoxy groups -OCH3 is 1. The van der Waals surface area contributed by atoms with Crippen LogP contribution in [0.4, 0.5) is 5.00 Å². The number of thiophene rings is 1. The van der Waals surface area contributed by atoms with Crippen LogP contribution >= 0.6 is 27.3 Å². The van der Waals surface area contributed by atoms with E-state index in [-0.39, 0.29) is 5.91 Å². The molecule has 0 spiro atoms. The summed E-state index contributed by atoms with van der Waals surface area (Å²) in [5, 5.41) is 13.9. The molecule has 19 heavy (non-hydrogen) atoms. The number of nitrogens with zero attached hydrogens (tertiary/aromatic N) is 1. The average Bonchev–Trinajstić information content (AvgIpc) is 2.86. The molecule has 2 aromatic rings. The average molecular weight is 337 g/mol. The van der Waals surface area contributed by atoms with Crippen molar-refractivity contribution in [1.82, 2.24) is 0 Å². The van der Waals surface area contributed by atoms with E-state index in [9.17, 15) is 4.79 Å². The van der Waals surface area contributed by atoms with Gasteiger partial charge >= 0.3 is 0 Å². The summed E-state index contributed by atoms with van der Waals surface area (Å²) in [6.07, 6.45) is 0. The number of nitriles is 1. The molecule has 1 N–H and O–H groups in total. The highest BCUT2D eigenvalue weighted by molar-refractivity contribution is 9.10. The van der Waals surface area contributed by atoms with Crippen LogP contribution in [0.5, 0.6) is 5.75 Å². The fraction of sp³-hybridized carbons (Fsp3) is 0.0769. The van der Waals surface area contributed by atoms with Crippen LogP contribution in [0.1, 0.15) is 15.9 Å². The van der Waals surface area contributed by atoms with Crippen LogP contribution in [0.2, 0.25) is 0 Å². The molecule has 1 aromatic carbocycles. The van der Waals surface area contributed by atoms with Gasteiger partial charge in [-0.05, 0) is 45.6 Å². The molecular weight excluding hydrogens is 328 g/mol. The molecule has 0 saturated heterocycles. The highest BCUT2D eigenvalue weighted by Crippen LogP contribution is 2.26. The van der Waals surface area contributed by atoms with Crippen LogP contribution in [0, 0.1) is 11.3 Å². The van der Waals surface area contributed by atoms with E-state index in [2.05, 4.69) is 21.2 Å². The molecule has 96 valence electrons. The van der Waals surface area contributed by atoms with Crippen molar-refractivity contribution in [3.63, 3.8) is 0 Å². The van der Waals surface area contributed by atoms with Gasteiger partial charge < -0.3 is 10.1 Å². The summed E-state index contributed by atoms with van der Waals surface area (Å²) in [7, 11) is 1.54. The van der Waals surface area contributed by atoms with Gasteiger partial charge in [0.05, 0.1) is 18.2 Å². The van der Waals surface area contributed by atoms with Gasteiger partial charge in [0, 0.05) is 4.47 Å². The van der Waals surface area contributed by atoms with Crippen LogP contribution in [0.3, 0.4) is 0 Å². The number of benzene rings is 1. The first kappa shape index (κ1) is 13.6. The second-order valence-corrected chi connectivity index (χ2v) is 5.35. The molecule has 1 aromatic heterocycles. The van der Waals surface area contributed by atoms with Gasteiger partial charge in [-0.25, -0.2) is 0 Å². The van der Waals surface area contributed by atoms with Gasteiger partial charge in [-0.15, -0.1) is 11.3 Å². The fourth-order valence-corrected chi connectivity index (χ4v) is 2.63. The molecule has 0 saturated carbocycles. The molecule has 0 aliphatic heterocycles. The first-order valence-corrected chi connectivity index (χ1v) is 6.95. The van der Waals surface area contributed by atoms with Crippen molar-refractivity contribution in [2.75, 3.05) is 12.4 Å². The SMILES string of the molecule is COc1ccc(Br)c(C(=O)Nc2sccc2C#N)c1. The van der Waals surface area contributed by atoms with E-state index >= 15 is 0 Å². The van der Waals surface area contributed by atoms with Crippen molar-refractivity contribution >= 4 is 38.2 Å². The van der Waals surface area contributed by atoms with E-state index in [4.69, 9.17) is 10.00 Å². The third-order valence-corrected chi connectivity index (χ3v) is 3.95. The molecule has 0 aliphatic rings. The number of hydrogen-bond acceptors (Lipinski definition) is 4. The number of anilines is 1. The monoisotopic (exact) mass is 336 g/mol. The van der Waals surface area contributed by atoms with Gasteiger partial charge in [0.15, 0.2) is 0 Å². The number of amides is 1. The zero-order valence-corrected chi connectivity index (χ0v) is 12.3. The van der Waals surface area contributed by atoms with Crippen molar-refractivity contribution < 1.29 is 9.53 Å². The minimum absolute atomic E-state index is 0.287. The topological polar surface area (TPSA) is 62.1 Å². The maximum absolute atomic E-state index is 12.2. The molecule has 0 fully saturated rings. The molecule has 0 bridgehead atoms. The van der Waals surface area contributed by atoms with E-state index in [0.717, 1.165) is 0 Å². The molecule has 0 unspecified atom stereocenters. The summed E-state index contributed by atoms with van der Waals surface area (Å²) < 4.78 is 5.76. The quantitative estimate of drug-likeness (QED) is 0.930. The maximum Gasteiger partial charge on any atom is 0.257 e. The van der Waals surface area contributed by atoms with Crippen molar-refractivity contribution in [2.45, 2.75) is 0 Å². The Balaban J connectivity index is 2.28. The number of halogens is 1. The largest absolute Gasteiger partial charge is 0.497 e. The molecule has 0 radical (unpaired) electrons. The summed E-state index contributed by atoms with van der Waals surface area (Å²) in [4.78, 5) is 12.2. The van der Waals surface area contributed by atoms with Crippen molar-refractivity contribution in [3.8, 4) is 11.8 Å². The van der Waals surface area contributed by atoms with Gasteiger partial charge in [-0.1, -0.05) is 0 Å². The molecule has 0 aliphatic carbocycles. The van der Waals surface area contributed by atoms with E-state index in [1.165, 1.54) is 18.4 Å². The Bertz CT molecular complexity index is 661. The van der Waals surface area contributed by atoms with E-state index in [1.54, 1.807) is 29.6 Å². The number of carbonyl (C=O) groups excluding carboxylic acids is 1. The third-order valence-electron chi connectivity index (χ3n) is 2.43. The van der Waals surface area contributed by atoms with Crippen molar-refractivity contribution in [3.05, 3.63) is 45.2 Å². The predicted octanol–water partition coefficient (Wildman–Crippen LogP) is 3.64. The highest BCUT2D eigenvalue weighted by Gasteiger charge is 2.14. The predicted molar refractivity (Wildman–Crippen MR) is 77.7 cm³/mol. The Kier molecular flexibility index (Phi) is 4.20. The van der Waals surface area contributed by atoms with Gasteiger partial charge in [0.1, 0.15) is 16.8 Å². The summed E-state index contributed by atoms with van der Waals surface area (Å²) in [6.45, 7) is 0. The lowest BCUT2D eigenvalue weighted by Crippen LogP contribution is -2.12. The number of hydrogen-bond donors (Lipinski definition) is 1. The number of rotatable bonds is 3. The van der Waals surface area contributed by atoms with Crippen LogP contribution in [-0.4, -0.2) is 13.0 Å². The zero-order valence-electron chi connectivity index (χ0n) is 9.94. The molecule has 6 heteroatoms. The Hall–Kier alpha value is -1.84. The molecule has 4 nitrogen and oxygen atoms in total. The van der Waals surface area contributed by atoms with Gasteiger partial charge in [-0.3, -0.25) is 4.79 Å². The Labute approximate surface area is 122 Å². The van der Waals surface area contributed by atoms with Gasteiger partial charge in [0.25, 0.3) is 5.91 Å². The lowest BCUT2D eigenvalue weighted by atomic mass is 10.2. The number of nitrogens with one attached hydrogen (secondary N) is 1. The second-order valence-electron chi connectivity index (χ2n) is 3.58. The van der Waals surface area contributed by atoms with Gasteiger partial charge in [0.2, 0.25) is 0 Å². The third kappa shape index (κ3) is 2.95. The van der Waals surface area contributed by atoms with Crippen LogP contribution in [0.15, 0.2) is 34.1 Å². The van der Waals surface area contributed by atoms with Gasteiger partial charge in [-0.2, -0.15) is 5.26 Å². The highest BCUT2D eigenvalue weighted by atomic mass is 79.9.